The summed E-state index contributed by atoms with van der Waals surface area (Å²) in [5.41, 5.74) is 2.82. The van der Waals surface area contributed by atoms with E-state index in [2.05, 4.69) is 10.3 Å². The number of rotatable bonds is 5. The predicted octanol–water partition coefficient (Wildman–Crippen LogP) is 3.88. The van der Waals surface area contributed by atoms with Gasteiger partial charge in [0.25, 0.3) is 0 Å². The lowest BCUT2D eigenvalue weighted by Crippen LogP contribution is -2.05. The standard InChI is InChI=1S/C20H15N3O3/c24-20(18-13-19(26-22-18)16-5-2-1-3-6-16)25-14-15-7-9-17(10-8-15)23-12-4-11-21-23/h1-13H,14H2. The van der Waals surface area contributed by atoms with E-state index in [4.69, 9.17) is 9.26 Å². The van der Waals surface area contributed by atoms with Gasteiger partial charge in [-0.25, -0.2) is 9.48 Å². The molecule has 0 aliphatic heterocycles. The van der Waals surface area contributed by atoms with Gasteiger partial charge < -0.3 is 9.26 Å². The van der Waals surface area contributed by atoms with Crippen molar-refractivity contribution in [1.82, 2.24) is 14.9 Å². The molecule has 26 heavy (non-hydrogen) atoms. The Morgan fingerprint density at radius 1 is 1.04 bits per heavy atom. The van der Waals surface area contributed by atoms with Gasteiger partial charge in [0.15, 0.2) is 11.5 Å². The zero-order valence-electron chi connectivity index (χ0n) is 13.8. The van der Waals surface area contributed by atoms with Crippen molar-refractivity contribution in [1.29, 1.82) is 0 Å². The number of nitrogens with zero attached hydrogens (tertiary/aromatic N) is 3. The second kappa shape index (κ2) is 7.06. The monoisotopic (exact) mass is 345 g/mol. The van der Waals surface area contributed by atoms with E-state index >= 15 is 0 Å². The molecule has 0 spiro atoms. The molecular formula is C20H15N3O3. The first-order valence-electron chi connectivity index (χ1n) is 8.08. The Bertz CT molecular complexity index is 990. The number of carbonyl (C=O) groups excluding carboxylic acids is 1. The van der Waals surface area contributed by atoms with E-state index in [-0.39, 0.29) is 12.3 Å². The Balaban J connectivity index is 1.39. The highest BCUT2D eigenvalue weighted by Gasteiger charge is 2.15. The molecule has 2 aromatic heterocycles. The smallest absolute Gasteiger partial charge is 0.360 e. The van der Waals surface area contributed by atoms with Crippen molar-refractivity contribution in [3.63, 3.8) is 0 Å². The molecule has 0 saturated heterocycles. The Kier molecular flexibility index (Phi) is 4.30. The first kappa shape index (κ1) is 15.8. The number of hydrogen-bond acceptors (Lipinski definition) is 5. The molecule has 0 saturated carbocycles. The Labute approximate surface area is 149 Å². The van der Waals surface area contributed by atoms with Crippen LogP contribution in [0, 0.1) is 0 Å². The summed E-state index contributed by atoms with van der Waals surface area (Å²) in [6, 6.07) is 20.5. The van der Waals surface area contributed by atoms with Crippen LogP contribution < -0.4 is 0 Å². The maximum Gasteiger partial charge on any atom is 0.360 e. The van der Waals surface area contributed by atoms with Crippen LogP contribution in [0.3, 0.4) is 0 Å². The van der Waals surface area contributed by atoms with Gasteiger partial charge >= 0.3 is 5.97 Å². The number of ether oxygens (including phenoxy) is 1. The van der Waals surface area contributed by atoms with E-state index in [9.17, 15) is 4.79 Å². The first-order chi connectivity index (χ1) is 12.8. The van der Waals surface area contributed by atoms with Gasteiger partial charge in [-0.2, -0.15) is 5.10 Å². The van der Waals surface area contributed by atoms with Crippen LogP contribution in [0.25, 0.3) is 17.0 Å². The number of benzene rings is 2. The van der Waals surface area contributed by atoms with Gasteiger partial charge in [-0.15, -0.1) is 0 Å². The third-order valence-electron chi connectivity index (χ3n) is 3.85. The van der Waals surface area contributed by atoms with Crippen LogP contribution in [0.1, 0.15) is 16.1 Å². The molecule has 0 aliphatic carbocycles. The van der Waals surface area contributed by atoms with E-state index in [0.717, 1.165) is 16.8 Å². The van der Waals surface area contributed by atoms with Crippen LogP contribution in [0.2, 0.25) is 0 Å². The topological polar surface area (TPSA) is 70.2 Å². The Morgan fingerprint density at radius 2 is 1.85 bits per heavy atom. The van der Waals surface area contributed by atoms with Crippen LogP contribution in [-0.4, -0.2) is 20.9 Å². The summed E-state index contributed by atoms with van der Waals surface area (Å²) in [6.45, 7) is 0.158. The molecule has 0 radical (unpaired) electrons. The third-order valence-corrected chi connectivity index (χ3v) is 3.85. The van der Waals surface area contributed by atoms with Crippen LogP contribution in [0.4, 0.5) is 0 Å². The molecular weight excluding hydrogens is 330 g/mol. The van der Waals surface area contributed by atoms with Crippen LogP contribution >= 0.6 is 0 Å². The van der Waals surface area contributed by atoms with Gasteiger partial charge in [-0.1, -0.05) is 47.6 Å². The van der Waals surface area contributed by atoms with E-state index in [1.807, 2.05) is 66.9 Å². The van der Waals surface area contributed by atoms with E-state index in [1.54, 1.807) is 16.9 Å². The molecule has 0 unspecified atom stereocenters. The van der Waals surface area contributed by atoms with Crippen molar-refractivity contribution in [2.24, 2.45) is 0 Å². The molecule has 6 heteroatoms. The summed E-state index contributed by atoms with van der Waals surface area (Å²) < 4.78 is 12.3. The lowest BCUT2D eigenvalue weighted by Gasteiger charge is -2.05. The molecule has 4 rings (SSSR count). The van der Waals surface area contributed by atoms with Gasteiger partial charge in [-0.05, 0) is 23.8 Å². The molecule has 0 atom stereocenters. The molecule has 0 N–H and O–H groups in total. The largest absolute Gasteiger partial charge is 0.456 e. The fourth-order valence-corrected chi connectivity index (χ4v) is 2.50. The van der Waals surface area contributed by atoms with E-state index in [1.165, 1.54) is 0 Å². The number of hydrogen-bond donors (Lipinski definition) is 0. The van der Waals surface area contributed by atoms with Crippen molar-refractivity contribution in [3.8, 4) is 17.0 Å². The summed E-state index contributed by atoms with van der Waals surface area (Å²) in [4.78, 5) is 12.2. The van der Waals surface area contributed by atoms with Crippen molar-refractivity contribution in [2.45, 2.75) is 6.61 Å². The molecule has 128 valence electrons. The summed E-state index contributed by atoms with van der Waals surface area (Å²) in [6.07, 6.45) is 3.58. The summed E-state index contributed by atoms with van der Waals surface area (Å²) in [5.74, 6) is 0.00760. The van der Waals surface area contributed by atoms with Gasteiger partial charge in [0, 0.05) is 24.0 Å². The highest BCUT2D eigenvalue weighted by Crippen LogP contribution is 2.20. The molecule has 0 bridgehead atoms. The first-order valence-corrected chi connectivity index (χ1v) is 8.08. The minimum atomic E-state index is -0.521. The SMILES string of the molecule is O=C(OCc1ccc(-n2cccn2)cc1)c1cc(-c2ccccc2)on1. The second-order valence-electron chi connectivity index (χ2n) is 5.64. The molecule has 4 aromatic rings. The number of carbonyl (C=O) groups is 1. The highest BCUT2D eigenvalue weighted by molar-refractivity contribution is 5.88. The van der Waals surface area contributed by atoms with E-state index < -0.39 is 5.97 Å². The van der Waals surface area contributed by atoms with Crippen molar-refractivity contribution < 1.29 is 14.1 Å². The maximum atomic E-state index is 12.2. The summed E-state index contributed by atoms with van der Waals surface area (Å²) in [5, 5.41) is 7.96. The average molecular weight is 345 g/mol. The fraction of sp³-hybridized carbons (Fsp3) is 0.0500. The fourth-order valence-electron chi connectivity index (χ4n) is 2.50. The van der Waals surface area contributed by atoms with Crippen LogP contribution in [0.15, 0.2) is 83.6 Å². The number of aromatic nitrogens is 3. The third kappa shape index (κ3) is 3.39. The molecule has 6 nitrogen and oxygen atoms in total. The van der Waals surface area contributed by atoms with Gasteiger partial charge in [-0.3, -0.25) is 0 Å². The van der Waals surface area contributed by atoms with Gasteiger partial charge in [0.2, 0.25) is 0 Å². The van der Waals surface area contributed by atoms with Gasteiger partial charge in [0.05, 0.1) is 5.69 Å². The van der Waals surface area contributed by atoms with Gasteiger partial charge in [0.1, 0.15) is 6.61 Å². The van der Waals surface area contributed by atoms with E-state index in [0.29, 0.717) is 5.76 Å². The minimum Gasteiger partial charge on any atom is -0.456 e. The molecule has 2 heterocycles. The van der Waals surface area contributed by atoms with Crippen molar-refractivity contribution in [3.05, 3.63) is 90.4 Å². The number of esters is 1. The molecule has 0 aliphatic rings. The average Bonchev–Trinajstić information content (AvgIpc) is 3.39. The van der Waals surface area contributed by atoms with Crippen molar-refractivity contribution in [2.75, 3.05) is 0 Å². The Morgan fingerprint density at radius 3 is 2.58 bits per heavy atom. The summed E-state index contributed by atoms with van der Waals surface area (Å²) in [7, 11) is 0. The molecule has 2 aromatic carbocycles. The second-order valence-corrected chi connectivity index (χ2v) is 5.64. The zero-order valence-corrected chi connectivity index (χ0v) is 13.8. The lowest BCUT2D eigenvalue weighted by molar-refractivity contribution is 0.0461. The predicted molar refractivity (Wildman–Crippen MR) is 94.6 cm³/mol. The highest BCUT2D eigenvalue weighted by atomic mass is 16.5. The molecule has 0 amide bonds. The quantitative estimate of drug-likeness (QED) is 0.513. The zero-order chi connectivity index (χ0) is 17.8. The van der Waals surface area contributed by atoms with Crippen LogP contribution in [0.5, 0.6) is 0 Å². The van der Waals surface area contributed by atoms with Crippen molar-refractivity contribution >= 4 is 5.97 Å². The molecule has 0 fully saturated rings. The summed E-state index contributed by atoms with van der Waals surface area (Å²) >= 11 is 0. The maximum absolute atomic E-state index is 12.2. The Hall–Kier alpha value is -3.67. The van der Waals surface area contributed by atoms with Crippen LogP contribution in [-0.2, 0) is 11.3 Å². The minimum absolute atomic E-state index is 0.150. The lowest BCUT2D eigenvalue weighted by atomic mass is 10.2. The normalized spacial score (nSPS) is 10.6.